The van der Waals surface area contributed by atoms with Crippen LogP contribution in [-0.2, 0) is 10.0 Å². The van der Waals surface area contributed by atoms with Crippen molar-refractivity contribution in [2.24, 2.45) is 0 Å². The van der Waals surface area contributed by atoms with Gasteiger partial charge in [0, 0.05) is 19.3 Å². The standard InChI is InChI=1S/C12H20ClN3O2S2/c1-3-5-14-12-11(13)8-10(9-15-12)20(17,18)16-6-4-7-19-2/h8-9,16H,3-7H2,1-2H3,(H,14,15). The molecule has 0 aliphatic heterocycles. The first-order chi connectivity index (χ1) is 9.51. The van der Waals surface area contributed by atoms with E-state index in [1.54, 1.807) is 11.8 Å². The number of hydrogen-bond donors (Lipinski definition) is 2. The smallest absolute Gasteiger partial charge is 0.242 e. The highest BCUT2D eigenvalue weighted by Crippen LogP contribution is 2.22. The van der Waals surface area contributed by atoms with E-state index in [-0.39, 0.29) is 4.90 Å². The molecule has 0 saturated heterocycles. The van der Waals surface area contributed by atoms with E-state index in [9.17, 15) is 8.42 Å². The number of nitrogens with one attached hydrogen (secondary N) is 2. The average Bonchev–Trinajstić information content (AvgIpc) is 2.42. The summed E-state index contributed by atoms with van der Waals surface area (Å²) in [5.74, 6) is 1.43. The van der Waals surface area contributed by atoms with Gasteiger partial charge in [0.15, 0.2) is 0 Å². The number of sulfonamides is 1. The highest BCUT2D eigenvalue weighted by atomic mass is 35.5. The molecule has 2 N–H and O–H groups in total. The second-order valence-electron chi connectivity index (χ2n) is 4.17. The molecule has 20 heavy (non-hydrogen) atoms. The fraction of sp³-hybridized carbons (Fsp3) is 0.583. The van der Waals surface area contributed by atoms with Gasteiger partial charge in [0.25, 0.3) is 0 Å². The van der Waals surface area contributed by atoms with E-state index in [1.807, 2.05) is 13.2 Å². The first-order valence-electron chi connectivity index (χ1n) is 6.39. The molecular formula is C12H20ClN3O2S2. The Morgan fingerprint density at radius 3 is 2.75 bits per heavy atom. The molecule has 0 atom stereocenters. The zero-order valence-electron chi connectivity index (χ0n) is 11.6. The van der Waals surface area contributed by atoms with E-state index in [4.69, 9.17) is 11.6 Å². The first-order valence-corrected chi connectivity index (χ1v) is 9.64. The van der Waals surface area contributed by atoms with Crippen LogP contribution < -0.4 is 10.0 Å². The molecule has 5 nitrogen and oxygen atoms in total. The zero-order chi connectivity index (χ0) is 15.0. The maximum Gasteiger partial charge on any atom is 0.242 e. The van der Waals surface area contributed by atoms with Crippen LogP contribution in [0, 0.1) is 0 Å². The molecule has 1 heterocycles. The Balaban J connectivity index is 2.73. The molecule has 1 aromatic rings. The van der Waals surface area contributed by atoms with E-state index < -0.39 is 10.0 Å². The number of halogens is 1. The van der Waals surface area contributed by atoms with Gasteiger partial charge < -0.3 is 5.32 Å². The number of hydrogen-bond acceptors (Lipinski definition) is 5. The molecule has 1 aromatic heterocycles. The van der Waals surface area contributed by atoms with Crippen LogP contribution in [0.1, 0.15) is 19.8 Å². The summed E-state index contributed by atoms with van der Waals surface area (Å²) in [4.78, 5) is 4.15. The van der Waals surface area contributed by atoms with E-state index in [2.05, 4.69) is 15.0 Å². The van der Waals surface area contributed by atoms with E-state index >= 15 is 0 Å². The van der Waals surface area contributed by atoms with Crippen molar-refractivity contribution >= 4 is 39.2 Å². The molecule has 0 aromatic carbocycles. The van der Waals surface area contributed by atoms with Crippen LogP contribution >= 0.6 is 23.4 Å². The molecule has 0 spiro atoms. The van der Waals surface area contributed by atoms with Crippen molar-refractivity contribution in [1.29, 1.82) is 0 Å². The van der Waals surface area contributed by atoms with Crippen molar-refractivity contribution < 1.29 is 8.42 Å². The third-order valence-electron chi connectivity index (χ3n) is 2.49. The first kappa shape index (κ1) is 17.6. The fourth-order valence-electron chi connectivity index (χ4n) is 1.45. The number of thioether (sulfide) groups is 1. The molecule has 1 rings (SSSR count). The van der Waals surface area contributed by atoms with Gasteiger partial charge in [-0.05, 0) is 30.9 Å². The fourth-order valence-corrected chi connectivity index (χ4v) is 3.22. The maximum absolute atomic E-state index is 12.0. The molecule has 0 aliphatic carbocycles. The van der Waals surface area contributed by atoms with Crippen LogP contribution in [0.25, 0.3) is 0 Å². The topological polar surface area (TPSA) is 71.1 Å². The summed E-state index contributed by atoms with van der Waals surface area (Å²) in [5, 5.41) is 3.35. The largest absolute Gasteiger partial charge is 0.369 e. The molecule has 0 unspecified atom stereocenters. The summed E-state index contributed by atoms with van der Waals surface area (Å²) in [6.07, 6.45) is 5.04. The highest BCUT2D eigenvalue weighted by Gasteiger charge is 2.15. The molecule has 0 amide bonds. The van der Waals surface area contributed by atoms with Gasteiger partial charge in [0.2, 0.25) is 10.0 Å². The predicted molar refractivity (Wildman–Crippen MR) is 86.2 cm³/mol. The van der Waals surface area contributed by atoms with Gasteiger partial charge in [-0.25, -0.2) is 18.1 Å². The Morgan fingerprint density at radius 1 is 1.40 bits per heavy atom. The molecule has 8 heteroatoms. The second kappa shape index (κ2) is 8.71. The summed E-state index contributed by atoms with van der Waals surface area (Å²) in [7, 11) is -3.53. The lowest BCUT2D eigenvalue weighted by molar-refractivity contribution is 0.580. The molecule has 0 saturated carbocycles. The summed E-state index contributed by atoms with van der Waals surface area (Å²) in [6.45, 7) is 3.18. The second-order valence-corrected chi connectivity index (χ2v) is 7.33. The molecule has 0 radical (unpaired) electrons. The molecule has 0 aliphatic rings. The minimum absolute atomic E-state index is 0.0914. The third kappa shape index (κ3) is 5.47. The van der Waals surface area contributed by atoms with Crippen molar-refractivity contribution in [3.8, 4) is 0 Å². The Hall–Kier alpha value is -0.500. The SMILES string of the molecule is CCCNc1ncc(S(=O)(=O)NCCCSC)cc1Cl. The van der Waals surface area contributed by atoms with Crippen molar-refractivity contribution in [3.63, 3.8) is 0 Å². The highest BCUT2D eigenvalue weighted by molar-refractivity contribution is 7.98. The minimum atomic E-state index is -3.53. The summed E-state index contributed by atoms with van der Waals surface area (Å²) < 4.78 is 26.6. The summed E-state index contributed by atoms with van der Waals surface area (Å²) >= 11 is 7.72. The van der Waals surface area contributed by atoms with E-state index in [0.717, 1.165) is 25.1 Å². The van der Waals surface area contributed by atoms with Crippen LogP contribution in [0.15, 0.2) is 17.2 Å². The summed E-state index contributed by atoms with van der Waals surface area (Å²) in [6, 6.07) is 1.42. The van der Waals surface area contributed by atoms with Crippen LogP contribution in [0.3, 0.4) is 0 Å². The minimum Gasteiger partial charge on any atom is -0.369 e. The van der Waals surface area contributed by atoms with E-state index in [0.29, 0.717) is 17.4 Å². The molecular weight excluding hydrogens is 318 g/mol. The lowest BCUT2D eigenvalue weighted by Gasteiger charge is -2.09. The van der Waals surface area contributed by atoms with Crippen molar-refractivity contribution in [1.82, 2.24) is 9.71 Å². The van der Waals surface area contributed by atoms with Gasteiger partial charge in [-0.1, -0.05) is 18.5 Å². The molecule has 0 bridgehead atoms. The van der Waals surface area contributed by atoms with Gasteiger partial charge in [-0.15, -0.1) is 0 Å². The number of anilines is 1. The Labute approximate surface area is 129 Å². The van der Waals surface area contributed by atoms with Crippen LogP contribution in [0.5, 0.6) is 0 Å². The quantitative estimate of drug-likeness (QED) is 0.678. The zero-order valence-corrected chi connectivity index (χ0v) is 14.0. The lowest BCUT2D eigenvalue weighted by Crippen LogP contribution is -2.25. The van der Waals surface area contributed by atoms with Crippen molar-refractivity contribution in [2.45, 2.75) is 24.7 Å². The number of nitrogens with zero attached hydrogens (tertiary/aromatic N) is 1. The van der Waals surface area contributed by atoms with Gasteiger partial charge >= 0.3 is 0 Å². The van der Waals surface area contributed by atoms with E-state index in [1.165, 1.54) is 12.3 Å². The number of pyridine rings is 1. The predicted octanol–water partition coefficient (Wildman–Crippen LogP) is 2.59. The average molecular weight is 338 g/mol. The number of aromatic nitrogens is 1. The Kier molecular flexibility index (Phi) is 7.65. The van der Waals surface area contributed by atoms with Crippen LogP contribution in [-0.4, -0.2) is 38.5 Å². The summed E-state index contributed by atoms with van der Waals surface area (Å²) in [5.41, 5.74) is 0. The van der Waals surface area contributed by atoms with Gasteiger partial charge in [-0.2, -0.15) is 11.8 Å². The normalized spacial score (nSPS) is 11.6. The lowest BCUT2D eigenvalue weighted by atomic mass is 10.4. The van der Waals surface area contributed by atoms with Crippen LogP contribution in [0.2, 0.25) is 5.02 Å². The van der Waals surface area contributed by atoms with Gasteiger partial charge in [0.1, 0.15) is 10.7 Å². The maximum atomic E-state index is 12.0. The van der Waals surface area contributed by atoms with Crippen LogP contribution in [0.4, 0.5) is 5.82 Å². The monoisotopic (exact) mass is 337 g/mol. The Morgan fingerprint density at radius 2 is 2.15 bits per heavy atom. The number of rotatable bonds is 9. The third-order valence-corrected chi connectivity index (χ3v) is 4.90. The van der Waals surface area contributed by atoms with Gasteiger partial charge in [0.05, 0.1) is 5.02 Å². The molecule has 0 fully saturated rings. The van der Waals surface area contributed by atoms with Crippen molar-refractivity contribution in [3.05, 3.63) is 17.3 Å². The van der Waals surface area contributed by atoms with Gasteiger partial charge in [-0.3, -0.25) is 0 Å². The van der Waals surface area contributed by atoms with Crippen molar-refractivity contribution in [2.75, 3.05) is 30.4 Å². The molecule has 114 valence electrons. The Bertz CT molecular complexity index is 523.